The Balaban J connectivity index is 1.64. The summed E-state index contributed by atoms with van der Waals surface area (Å²) >= 11 is 1.48. The third-order valence-corrected chi connectivity index (χ3v) is 6.09. The molecule has 1 amide bonds. The lowest BCUT2D eigenvalue weighted by molar-refractivity contribution is 0.0378. The highest BCUT2D eigenvalue weighted by Gasteiger charge is 2.30. The number of esters is 1. The normalized spacial score (nSPS) is 17.4. The summed E-state index contributed by atoms with van der Waals surface area (Å²) in [5.41, 5.74) is 1.98. The Kier molecular flexibility index (Phi) is 5.02. The van der Waals surface area contributed by atoms with Crippen LogP contribution in [0.5, 0.6) is 11.5 Å². The van der Waals surface area contributed by atoms with Gasteiger partial charge in [0.2, 0.25) is 6.79 Å². The first-order valence-electron chi connectivity index (χ1n) is 9.49. The van der Waals surface area contributed by atoms with Crippen LogP contribution >= 0.6 is 11.3 Å². The predicted molar refractivity (Wildman–Crippen MR) is 107 cm³/mol. The molecule has 0 saturated carbocycles. The van der Waals surface area contributed by atoms with Crippen LogP contribution in [0.25, 0.3) is 0 Å². The first kappa shape index (κ1) is 18.8. The highest BCUT2D eigenvalue weighted by Crippen LogP contribution is 2.40. The number of nitrogens with one attached hydrogen (secondary N) is 1. The highest BCUT2D eigenvalue weighted by molar-refractivity contribution is 7.17. The van der Waals surface area contributed by atoms with E-state index in [1.165, 1.54) is 11.3 Å². The van der Waals surface area contributed by atoms with Crippen molar-refractivity contribution < 1.29 is 23.8 Å². The number of amides is 1. The monoisotopic (exact) mass is 401 g/mol. The number of benzene rings is 1. The van der Waals surface area contributed by atoms with Gasteiger partial charge in [0.1, 0.15) is 5.00 Å². The van der Waals surface area contributed by atoms with Crippen molar-refractivity contribution in [1.29, 1.82) is 0 Å². The first-order valence-corrected chi connectivity index (χ1v) is 10.3. The number of thiophene rings is 1. The van der Waals surface area contributed by atoms with Crippen LogP contribution in [-0.4, -0.2) is 24.8 Å². The fourth-order valence-electron chi connectivity index (χ4n) is 3.54. The minimum atomic E-state index is -0.372. The van der Waals surface area contributed by atoms with Gasteiger partial charge in [0, 0.05) is 10.4 Å². The van der Waals surface area contributed by atoms with Crippen LogP contribution in [0.2, 0.25) is 0 Å². The van der Waals surface area contributed by atoms with E-state index in [-0.39, 0.29) is 24.8 Å². The van der Waals surface area contributed by atoms with E-state index in [0.717, 1.165) is 29.7 Å². The van der Waals surface area contributed by atoms with E-state index >= 15 is 0 Å². The van der Waals surface area contributed by atoms with Crippen molar-refractivity contribution in [2.24, 2.45) is 5.92 Å². The van der Waals surface area contributed by atoms with Gasteiger partial charge in [0.05, 0.1) is 11.7 Å². The van der Waals surface area contributed by atoms with Crippen LogP contribution < -0.4 is 14.8 Å². The van der Waals surface area contributed by atoms with Crippen LogP contribution in [0.15, 0.2) is 18.2 Å². The summed E-state index contributed by atoms with van der Waals surface area (Å²) in [5.74, 6) is 1.08. The molecule has 0 saturated heterocycles. The lowest BCUT2D eigenvalue weighted by Gasteiger charge is -2.18. The second kappa shape index (κ2) is 7.47. The second-order valence-corrected chi connectivity index (χ2v) is 8.64. The second-order valence-electron chi connectivity index (χ2n) is 7.53. The quantitative estimate of drug-likeness (QED) is 0.768. The Morgan fingerprint density at radius 2 is 2.04 bits per heavy atom. The lowest BCUT2D eigenvalue weighted by Crippen LogP contribution is -2.18. The molecule has 1 aliphatic carbocycles. The molecular formula is C21H23NO5S. The van der Waals surface area contributed by atoms with E-state index < -0.39 is 0 Å². The lowest BCUT2D eigenvalue weighted by atomic mass is 9.88. The number of rotatable bonds is 4. The van der Waals surface area contributed by atoms with Crippen molar-refractivity contribution in [2.75, 3.05) is 12.1 Å². The minimum absolute atomic E-state index is 0.154. The zero-order chi connectivity index (χ0) is 19.8. The van der Waals surface area contributed by atoms with Crippen molar-refractivity contribution >= 4 is 28.2 Å². The van der Waals surface area contributed by atoms with Crippen LogP contribution in [0.1, 0.15) is 58.3 Å². The molecule has 2 heterocycles. The van der Waals surface area contributed by atoms with Gasteiger partial charge in [0.15, 0.2) is 11.5 Å². The molecule has 1 atom stereocenters. The van der Waals surface area contributed by atoms with Crippen LogP contribution in [0, 0.1) is 5.92 Å². The van der Waals surface area contributed by atoms with Gasteiger partial charge in [-0.2, -0.15) is 0 Å². The van der Waals surface area contributed by atoms with Gasteiger partial charge in [0.25, 0.3) is 5.91 Å². The summed E-state index contributed by atoms with van der Waals surface area (Å²) in [6.45, 7) is 6.01. The predicted octanol–water partition coefficient (Wildman–Crippen LogP) is 4.42. The number of fused-ring (bicyclic) bond motifs is 2. The number of ether oxygens (including phenoxy) is 3. The molecule has 1 aliphatic heterocycles. The van der Waals surface area contributed by atoms with Gasteiger partial charge in [-0.25, -0.2) is 4.79 Å². The molecule has 1 aromatic heterocycles. The molecule has 0 spiro atoms. The SMILES string of the molecule is CC1CCc2c(sc(NC(=O)c3ccc4c(c3)OCO4)c2C(=O)OC(C)C)C1. The maximum Gasteiger partial charge on any atom is 0.341 e. The van der Waals surface area contributed by atoms with Gasteiger partial charge in [-0.05, 0) is 62.8 Å². The molecule has 6 nitrogen and oxygen atoms in total. The van der Waals surface area contributed by atoms with Crippen molar-refractivity contribution in [3.8, 4) is 11.5 Å². The molecule has 28 heavy (non-hydrogen) atoms. The van der Waals surface area contributed by atoms with E-state index in [4.69, 9.17) is 14.2 Å². The van der Waals surface area contributed by atoms with E-state index in [9.17, 15) is 9.59 Å². The number of carbonyl (C=O) groups excluding carboxylic acids is 2. The highest BCUT2D eigenvalue weighted by atomic mass is 32.1. The summed E-state index contributed by atoms with van der Waals surface area (Å²) in [5, 5.41) is 3.49. The van der Waals surface area contributed by atoms with Crippen molar-refractivity contribution in [1.82, 2.24) is 0 Å². The average Bonchev–Trinajstić information content (AvgIpc) is 3.23. The number of hydrogen-bond donors (Lipinski definition) is 1. The van der Waals surface area contributed by atoms with E-state index in [1.807, 2.05) is 13.8 Å². The number of carbonyl (C=O) groups is 2. The van der Waals surface area contributed by atoms with Crippen molar-refractivity contribution in [3.63, 3.8) is 0 Å². The maximum absolute atomic E-state index is 12.8. The van der Waals surface area contributed by atoms with Gasteiger partial charge in [-0.15, -0.1) is 11.3 Å². The maximum atomic E-state index is 12.8. The Bertz CT molecular complexity index is 933. The van der Waals surface area contributed by atoms with E-state index in [2.05, 4.69) is 12.2 Å². The van der Waals surface area contributed by atoms with Crippen LogP contribution in [0.3, 0.4) is 0 Å². The third-order valence-electron chi connectivity index (χ3n) is 4.92. The number of hydrogen-bond acceptors (Lipinski definition) is 6. The molecular weight excluding hydrogens is 378 g/mol. The molecule has 1 N–H and O–H groups in total. The molecule has 2 aromatic rings. The van der Waals surface area contributed by atoms with Gasteiger partial charge >= 0.3 is 5.97 Å². The summed E-state index contributed by atoms with van der Waals surface area (Å²) in [7, 11) is 0. The standard InChI is InChI=1S/C21H23NO5S/c1-11(2)27-21(24)18-14-6-4-12(3)8-17(14)28-20(18)22-19(23)13-5-7-15-16(9-13)26-10-25-15/h5,7,9,11-12H,4,6,8,10H2,1-3H3,(H,22,23). The average molecular weight is 401 g/mol. The largest absolute Gasteiger partial charge is 0.459 e. The molecule has 4 rings (SSSR count). The molecule has 148 valence electrons. The van der Waals surface area contributed by atoms with Crippen molar-refractivity contribution in [3.05, 3.63) is 39.8 Å². The molecule has 0 fully saturated rings. The molecule has 1 unspecified atom stereocenters. The summed E-state index contributed by atoms with van der Waals surface area (Å²) in [4.78, 5) is 26.8. The van der Waals surface area contributed by atoms with Gasteiger partial charge in [-0.3, -0.25) is 4.79 Å². The summed E-state index contributed by atoms with van der Waals surface area (Å²) < 4.78 is 16.1. The fraction of sp³-hybridized carbons (Fsp3) is 0.429. The molecule has 0 radical (unpaired) electrons. The number of anilines is 1. The van der Waals surface area contributed by atoms with Crippen LogP contribution in [0.4, 0.5) is 5.00 Å². The van der Waals surface area contributed by atoms with Crippen LogP contribution in [-0.2, 0) is 17.6 Å². The first-order chi connectivity index (χ1) is 13.4. The van der Waals surface area contributed by atoms with E-state index in [0.29, 0.717) is 33.5 Å². The minimum Gasteiger partial charge on any atom is -0.459 e. The molecule has 1 aromatic carbocycles. The molecule has 7 heteroatoms. The van der Waals surface area contributed by atoms with E-state index in [1.54, 1.807) is 18.2 Å². The van der Waals surface area contributed by atoms with Gasteiger partial charge < -0.3 is 19.5 Å². The summed E-state index contributed by atoms with van der Waals surface area (Å²) in [6.07, 6.45) is 2.56. The Morgan fingerprint density at radius 3 is 2.82 bits per heavy atom. The Morgan fingerprint density at radius 1 is 1.25 bits per heavy atom. The zero-order valence-electron chi connectivity index (χ0n) is 16.2. The molecule has 2 aliphatic rings. The van der Waals surface area contributed by atoms with Gasteiger partial charge in [-0.1, -0.05) is 6.92 Å². The molecule has 0 bridgehead atoms. The topological polar surface area (TPSA) is 73.9 Å². The zero-order valence-corrected chi connectivity index (χ0v) is 17.0. The Hall–Kier alpha value is -2.54. The fourth-order valence-corrected chi connectivity index (χ4v) is 4.93. The summed E-state index contributed by atoms with van der Waals surface area (Å²) in [6, 6.07) is 5.05. The third kappa shape index (κ3) is 3.58. The van der Waals surface area contributed by atoms with Crippen molar-refractivity contribution in [2.45, 2.75) is 46.1 Å². The Labute approximate surface area is 167 Å². The smallest absolute Gasteiger partial charge is 0.341 e.